The number of hydrogen-bond donors (Lipinski definition) is 1. The van der Waals surface area contributed by atoms with E-state index in [1.807, 2.05) is 13.8 Å². The molecule has 2 rings (SSSR count). The highest BCUT2D eigenvalue weighted by atomic mass is 35.5. The van der Waals surface area contributed by atoms with Crippen molar-refractivity contribution in [3.63, 3.8) is 0 Å². The predicted octanol–water partition coefficient (Wildman–Crippen LogP) is 2.93. The van der Waals surface area contributed by atoms with E-state index in [2.05, 4.69) is 4.98 Å². The van der Waals surface area contributed by atoms with Gasteiger partial charge in [-0.25, -0.2) is 4.98 Å². The summed E-state index contributed by atoms with van der Waals surface area (Å²) in [6.45, 7) is 5.11. The first-order chi connectivity index (χ1) is 8.63. The lowest BCUT2D eigenvalue weighted by molar-refractivity contribution is -0.137. The lowest BCUT2D eigenvalue weighted by atomic mass is 9.80. The monoisotopic (exact) mass is 293 g/mol. The Hall–Kier alpha value is -1.01. The molecule has 0 radical (unpaired) electrons. The van der Waals surface area contributed by atoms with E-state index in [4.69, 9.17) is 17.3 Å². The van der Waals surface area contributed by atoms with Crippen LogP contribution in [0.15, 0.2) is 12.3 Å². The predicted molar refractivity (Wildman–Crippen MR) is 68.2 cm³/mol. The van der Waals surface area contributed by atoms with Crippen LogP contribution in [0.1, 0.15) is 19.4 Å². The Balaban J connectivity index is 2.17. The molecule has 0 unspecified atom stereocenters. The number of pyridine rings is 1. The molecule has 0 bridgehead atoms. The van der Waals surface area contributed by atoms with Crippen LogP contribution in [0.25, 0.3) is 0 Å². The summed E-state index contributed by atoms with van der Waals surface area (Å²) in [5.74, 6) is 0.647. The van der Waals surface area contributed by atoms with Gasteiger partial charge >= 0.3 is 6.18 Å². The maximum Gasteiger partial charge on any atom is 0.417 e. The third-order valence-corrected chi connectivity index (χ3v) is 3.85. The van der Waals surface area contributed by atoms with Crippen LogP contribution in [0.5, 0.6) is 0 Å². The average Bonchev–Trinajstić information content (AvgIpc) is 2.23. The van der Waals surface area contributed by atoms with E-state index in [-0.39, 0.29) is 16.5 Å². The highest BCUT2D eigenvalue weighted by Gasteiger charge is 2.43. The Bertz CT molecular complexity index is 482. The molecule has 1 saturated heterocycles. The Labute approximate surface area is 114 Å². The summed E-state index contributed by atoms with van der Waals surface area (Å²) < 4.78 is 37.5. The molecule has 1 aromatic heterocycles. The zero-order valence-electron chi connectivity index (χ0n) is 10.6. The molecule has 1 fully saturated rings. The van der Waals surface area contributed by atoms with E-state index in [0.717, 1.165) is 12.3 Å². The van der Waals surface area contributed by atoms with E-state index in [9.17, 15) is 13.2 Å². The average molecular weight is 294 g/mol. The number of alkyl halides is 3. The zero-order chi connectivity index (χ0) is 14.4. The largest absolute Gasteiger partial charge is 0.417 e. The molecule has 1 aliphatic heterocycles. The molecule has 0 aliphatic carbocycles. The summed E-state index contributed by atoms with van der Waals surface area (Å²) >= 11 is 5.87. The summed E-state index contributed by atoms with van der Waals surface area (Å²) in [6.07, 6.45) is -3.63. The van der Waals surface area contributed by atoms with Gasteiger partial charge in [0, 0.05) is 19.3 Å². The number of hydrogen-bond acceptors (Lipinski definition) is 3. The number of rotatable bonds is 2. The molecule has 1 aromatic rings. The number of halogens is 4. The molecule has 0 amide bonds. The molecule has 2 N–H and O–H groups in total. The lowest BCUT2D eigenvalue weighted by Gasteiger charge is -2.51. The standard InChI is InChI=1S/C12H15ClF3N3/c1-7(2)11(17)5-19(6-11)10-9(13)3-8(4-18-10)12(14,15)16/h3-4,7H,5-6,17H2,1-2H3. The first-order valence-electron chi connectivity index (χ1n) is 5.90. The SMILES string of the molecule is CC(C)C1(N)CN(c2ncc(C(F)(F)F)cc2Cl)C1. The van der Waals surface area contributed by atoms with Crippen LogP contribution in [-0.4, -0.2) is 23.6 Å². The van der Waals surface area contributed by atoms with Crippen LogP contribution < -0.4 is 10.6 Å². The van der Waals surface area contributed by atoms with Crippen LogP contribution in [0, 0.1) is 5.92 Å². The van der Waals surface area contributed by atoms with Gasteiger partial charge in [0.1, 0.15) is 5.82 Å². The molecular formula is C12H15ClF3N3. The van der Waals surface area contributed by atoms with Crippen LogP contribution in [0.3, 0.4) is 0 Å². The van der Waals surface area contributed by atoms with E-state index in [1.54, 1.807) is 4.90 Å². The second kappa shape index (κ2) is 4.52. The van der Waals surface area contributed by atoms with Gasteiger partial charge in [0.25, 0.3) is 0 Å². The second-order valence-corrected chi connectivity index (χ2v) is 5.68. The van der Waals surface area contributed by atoms with E-state index in [1.165, 1.54) is 0 Å². The summed E-state index contributed by atoms with van der Waals surface area (Å²) in [5.41, 5.74) is 4.96. The Morgan fingerprint density at radius 1 is 1.42 bits per heavy atom. The van der Waals surface area contributed by atoms with Crippen molar-refractivity contribution in [2.24, 2.45) is 11.7 Å². The number of anilines is 1. The fraction of sp³-hybridized carbons (Fsp3) is 0.583. The summed E-state index contributed by atoms with van der Waals surface area (Å²) in [7, 11) is 0. The second-order valence-electron chi connectivity index (χ2n) is 5.27. The third kappa shape index (κ3) is 2.65. The molecule has 0 aromatic carbocycles. The topological polar surface area (TPSA) is 42.1 Å². The van der Waals surface area contributed by atoms with E-state index < -0.39 is 11.7 Å². The Kier molecular flexibility index (Phi) is 3.43. The van der Waals surface area contributed by atoms with Gasteiger partial charge in [-0.15, -0.1) is 0 Å². The van der Waals surface area contributed by atoms with Gasteiger partial charge in [-0.2, -0.15) is 13.2 Å². The quantitative estimate of drug-likeness (QED) is 0.911. The molecule has 0 saturated carbocycles. The summed E-state index contributed by atoms with van der Waals surface area (Å²) in [4.78, 5) is 5.60. The fourth-order valence-electron chi connectivity index (χ4n) is 2.00. The molecule has 1 aliphatic rings. The van der Waals surface area contributed by atoms with Crippen LogP contribution in [0.4, 0.5) is 19.0 Å². The minimum Gasteiger partial charge on any atom is -0.352 e. The highest BCUT2D eigenvalue weighted by molar-refractivity contribution is 6.33. The fourth-order valence-corrected chi connectivity index (χ4v) is 2.28. The first kappa shape index (κ1) is 14.4. The van der Waals surface area contributed by atoms with Crippen LogP contribution in [0.2, 0.25) is 5.02 Å². The highest BCUT2D eigenvalue weighted by Crippen LogP contribution is 2.37. The van der Waals surface area contributed by atoms with Crippen molar-refractivity contribution in [3.05, 3.63) is 22.8 Å². The molecule has 2 heterocycles. The Morgan fingerprint density at radius 3 is 2.42 bits per heavy atom. The number of nitrogens with zero attached hydrogens (tertiary/aromatic N) is 2. The van der Waals surface area contributed by atoms with Gasteiger partial charge in [0.2, 0.25) is 0 Å². The maximum atomic E-state index is 12.5. The van der Waals surface area contributed by atoms with Crippen molar-refractivity contribution in [3.8, 4) is 0 Å². The smallest absolute Gasteiger partial charge is 0.352 e. The van der Waals surface area contributed by atoms with E-state index in [0.29, 0.717) is 18.9 Å². The molecular weight excluding hydrogens is 279 g/mol. The summed E-state index contributed by atoms with van der Waals surface area (Å²) in [5, 5.41) is 0.000584. The van der Waals surface area contributed by atoms with Gasteiger partial charge in [-0.3, -0.25) is 0 Å². The van der Waals surface area contributed by atoms with Crippen LogP contribution >= 0.6 is 11.6 Å². The minimum absolute atomic E-state index is 0.000584. The van der Waals surface area contributed by atoms with Crippen molar-refractivity contribution in [1.29, 1.82) is 0 Å². The zero-order valence-corrected chi connectivity index (χ0v) is 11.4. The van der Waals surface area contributed by atoms with Crippen molar-refractivity contribution in [2.75, 3.05) is 18.0 Å². The molecule has 106 valence electrons. The molecule has 7 heteroatoms. The van der Waals surface area contributed by atoms with Gasteiger partial charge in [0.15, 0.2) is 0 Å². The van der Waals surface area contributed by atoms with Crippen molar-refractivity contribution < 1.29 is 13.2 Å². The maximum absolute atomic E-state index is 12.5. The van der Waals surface area contributed by atoms with Crippen molar-refractivity contribution >= 4 is 17.4 Å². The van der Waals surface area contributed by atoms with Gasteiger partial charge < -0.3 is 10.6 Å². The summed E-state index contributed by atoms with van der Waals surface area (Å²) in [6, 6.07) is 0.899. The van der Waals surface area contributed by atoms with Crippen LogP contribution in [-0.2, 0) is 6.18 Å². The van der Waals surface area contributed by atoms with Gasteiger partial charge in [-0.05, 0) is 12.0 Å². The molecule has 3 nitrogen and oxygen atoms in total. The normalized spacial score (nSPS) is 18.6. The number of nitrogens with two attached hydrogens (primary N) is 1. The molecule has 0 spiro atoms. The van der Waals surface area contributed by atoms with E-state index >= 15 is 0 Å². The lowest BCUT2D eigenvalue weighted by Crippen LogP contribution is -2.70. The van der Waals surface area contributed by atoms with Gasteiger partial charge in [-0.1, -0.05) is 25.4 Å². The van der Waals surface area contributed by atoms with Crippen molar-refractivity contribution in [1.82, 2.24) is 4.98 Å². The Morgan fingerprint density at radius 2 is 2.00 bits per heavy atom. The first-order valence-corrected chi connectivity index (χ1v) is 6.28. The molecule has 0 atom stereocenters. The molecule has 19 heavy (non-hydrogen) atoms. The van der Waals surface area contributed by atoms with Crippen molar-refractivity contribution in [2.45, 2.75) is 25.6 Å². The number of aromatic nitrogens is 1. The third-order valence-electron chi connectivity index (χ3n) is 3.57. The van der Waals surface area contributed by atoms with Gasteiger partial charge in [0.05, 0.1) is 16.1 Å². The minimum atomic E-state index is -4.43.